The Labute approximate surface area is 138 Å². The van der Waals surface area contributed by atoms with Crippen LogP contribution in [0.5, 0.6) is 0 Å². The molecule has 0 saturated carbocycles. The minimum Gasteiger partial charge on any atom is -0.465 e. The Balaban J connectivity index is 1.98. The highest BCUT2D eigenvalue weighted by molar-refractivity contribution is 5.68. The largest absolute Gasteiger partial charge is 0.465 e. The van der Waals surface area contributed by atoms with Gasteiger partial charge in [0.1, 0.15) is 17.1 Å². The molecule has 23 heavy (non-hydrogen) atoms. The topological polar surface area (TPSA) is 71.9 Å². The van der Waals surface area contributed by atoms with Gasteiger partial charge < -0.3 is 19.8 Å². The molecular weight excluding hydrogens is 294 g/mol. The van der Waals surface area contributed by atoms with Crippen molar-refractivity contribution in [2.75, 3.05) is 26.2 Å². The van der Waals surface area contributed by atoms with Gasteiger partial charge in [0.15, 0.2) is 0 Å². The molecule has 1 aliphatic rings. The SMILES string of the molecule is Cc1ccc(C(C(C)N)N2CCN(C(=O)OC(C)(C)C)CC2)o1. The lowest BCUT2D eigenvalue weighted by atomic mass is 10.1. The molecule has 2 unspecified atom stereocenters. The second-order valence-corrected chi connectivity index (χ2v) is 7.26. The van der Waals surface area contributed by atoms with Crippen molar-refractivity contribution in [3.63, 3.8) is 0 Å². The van der Waals surface area contributed by atoms with Crippen LogP contribution in [0.1, 0.15) is 45.3 Å². The number of carbonyl (C=O) groups is 1. The number of carbonyl (C=O) groups excluding carboxylic acids is 1. The number of nitrogens with zero attached hydrogens (tertiary/aromatic N) is 2. The van der Waals surface area contributed by atoms with Crippen LogP contribution < -0.4 is 5.73 Å². The number of piperazine rings is 1. The van der Waals surface area contributed by atoms with E-state index in [9.17, 15) is 4.79 Å². The molecule has 6 nitrogen and oxygen atoms in total. The Bertz CT molecular complexity index is 525. The number of aryl methyl sites for hydroxylation is 1. The van der Waals surface area contributed by atoms with Crippen LogP contribution in [-0.4, -0.2) is 53.7 Å². The fourth-order valence-corrected chi connectivity index (χ4v) is 2.89. The van der Waals surface area contributed by atoms with Crippen molar-refractivity contribution in [1.82, 2.24) is 9.80 Å². The van der Waals surface area contributed by atoms with Gasteiger partial charge >= 0.3 is 6.09 Å². The molecule has 1 amide bonds. The van der Waals surface area contributed by atoms with Gasteiger partial charge in [0.25, 0.3) is 0 Å². The third-order valence-electron chi connectivity index (χ3n) is 3.91. The van der Waals surface area contributed by atoms with Gasteiger partial charge in [0, 0.05) is 32.2 Å². The van der Waals surface area contributed by atoms with E-state index in [1.807, 2.05) is 46.8 Å². The van der Waals surface area contributed by atoms with E-state index in [0.29, 0.717) is 13.1 Å². The van der Waals surface area contributed by atoms with Gasteiger partial charge in [-0.25, -0.2) is 4.79 Å². The van der Waals surface area contributed by atoms with Crippen molar-refractivity contribution in [2.45, 2.75) is 52.3 Å². The van der Waals surface area contributed by atoms with Gasteiger partial charge in [-0.15, -0.1) is 0 Å². The normalized spacial score (nSPS) is 19.5. The summed E-state index contributed by atoms with van der Waals surface area (Å²) in [6.07, 6.45) is -0.247. The van der Waals surface area contributed by atoms with Crippen molar-refractivity contribution in [3.8, 4) is 0 Å². The zero-order chi connectivity index (χ0) is 17.2. The molecule has 2 N–H and O–H groups in total. The molecule has 0 aliphatic carbocycles. The molecule has 1 fully saturated rings. The zero-order valence-electron chi connectivity index (χ0n) is 14.8. The molecule has 2 heterocycles. The van der Waals surface area contributed by atoms with Gasteiger partial charge in [-0.1, -0.05) is 0 Å². The van der Waals surface area contributed by atoms with Crippen LogP contribution in [0.25, 0.3) is 0 Å². The Morgan fingerprint density at radius 1 is 1.26 bits per heavy atom. The molecule has 6 heteroatoms. The number of amides is 1. The lowest BCUT2D eigenvalue weighted by Gasteiger charge is -2.40. The first-order chi connectivity index (χ1) is 10.7. The summed E-state index contributed by atoms with van der Waals surface area (Å²) in [5.74, 6) is 1.78. The van der Waals surface area contributed by atoms with Crippen LogP contribution in [0.4, 0.5) is 4.79 Å². The summed E-state index contributed by atoms with van der Waals surface area (Å²) in [5, 5.41) is 0. The van der Waals surface area contributed by atoms with Crippen LogP contribution in [0.3, 0.4) is 0 Å². The van der Waals surface area contributed by atoms with E-state index in [4.69, 9.17) is 14.9 Å². The van der Waals surface area contributed by atoms with E-state index in [0.717, 1.165) is 24.6 Å². The fourth-order valence-electron chi connectivity index (χ4n) is 2.89. The monoisotopic (exact) mass is 323 g/mol. The standard InChI is InChI=1S/C17H29N3O3/c1-12-6-7-14(22-12)15(13(2)18)19-8-10-20(11-9-19)16(21)23-17(3,4)5/h6-7,13,15H,8-11,18H2,1-5H3. The predicted molar refractivity (Wildman–Crippen MR) is 89.2 cm³/mol. The number of hydrogen-bond donors (Lipinski definition) is 1. The summed E-state index contributed by atoms with van der Waals surface area (Å²) >= 11 is 0. The summed E-state index contributed by atoms with van der Waals surface area (Å²) in [5.41, 5.74) is 5.72. The third kappa shape index (κ3) is 4.72. The van der Waals surface area contributed by atoms with Gasteiger partial charge in [0.05, 0.1) is 6.04 Å². The first kappa shape index (κ1) is 17.8. The van der Waals surface area contributed by atoms with E-state index >= 15 is 0 Å². The van der Waals surface area contributed by atoms with Gasteiger partial charge in [-0.05, 0) is 46.8 Å². The zero-order valence-corrected chi connectivity index (χ0v) is 14.8. The van der Waals surface area contributed by atoms with Crippen molar-refractivity contribution in [2.24, 2.45) is 5.73 Å². The van der Waals surface area contributed by atoms with Gasteiger partial charge in [-0.3, -0.25) is 4.90 Å². The fraction of sp³-hybridized carbons (Fsp3) is 0.706. The number of hydrogen-bond acceptors (Lipinski definition) is 5. The van der Waals surface area contributed by atoms with Crippen LogP contribution in [0.15, 0.2) is 16.5 Å². The van der Waals surface area contributed by atoms with Gasteiger partial charge in [-0.2, -0.15) is 0 Å². The summed E-state index contributed by atoms with van der Waals surface area (Å²) in [6, 6.07) is 3.93. The summed E-state index contributed by atoms with van der Waals surface area (Å²) in [4.78, 5) is 16.2. The number of rotatable bonds is 3. The summed E-state index contributed by atoms with van der Waals surface area (Å²) < 4.78 is 11.2. The number of furan rings is 1. The van der Waals surface area contributed by atoms with Crippen molar-refractivity contribution in [3.05, 3.63) is 23.7 Å². The lowest BCUT2D eigenvalue weighted by Crippen LogP contribution is -2.53. The second kappa shape index (κ2) is 6.93. The highest BCUT2D eigenvalue weighted by Gasteiger charge is 2.32. The molecule has 0 bridgehead atoms. The highest BCUT2D eigenvalue weighted by atomic mass is 16.6. The average Bonchev–Trinajstić information content (AvgIpc) is 2.83. The molecule has 1 aromatic heterocycles. The quantitative estimate of drug-likeness (QED) is 0.925. The summed E-state index contributed by atoms with van der Waals surface area (Å²) in [6.45, 7) is 12.3. The van der Waals surface area contributed by atoms with Crippen molar-refractivity contribution >= 4 is 6.09 Å². The molecule has 0 aromatic carbocycles. The van der Waals surface area contributed by atoms with E-state index in [1.54, 1.807) is 4.90 Å². The molecule has 1 aromatic rings. The molecule has 0 radical (unpaired) electrons. The van der Waals surface area contributed by atoms with E-state index in [1.165, 1.54) is 0 Å². The first-order valence-electron chi connectivity index (χ1n) is 8.21. The Kier molecular flexibility index (Phi) is 5.37. The minimum absolute atomic E-state index is 0.0319. The average molecular weight is 323 g/mol. The molecule has 2 rings (SSSR count). The Hall–Kier alpha value is -1.53. The number of ether oxygens (including phenoxy) is 1. The van der Waals surface area contributed by atoms with E-state index in [2.05, 4.69) is 4.90 Å². The maximum Gasteiger partial charge on any atom is 0.410 e. The molecule has 1 aliphatic heterocycles. The third-order valence-corrected chi connectivity index (χ3v) is 3.91. The Morgan fingerprint density at radius 3 is 2.30 bits per heavy atom. The number of nitrogens with two attached hydrogens (primary N) is 1. The minimum atomic E-state index is -0.464. The van der Waals surface area contributed by atoms with Crippen LogP contribution in [0, 0.1) is 6.92 Å². The molecule has 130 valence electrons. The Morgan fingerprint density at radius 2 is 1.87 bits per heavy atom. The van der Waals surface area contributed by atoms with Crippen LogP contribution in [-0.2, 0) is 4.74 Å². The van der Waals surface area contributed by atoms with Crippen LogP contribution in [0.2, 0.25) is 0 Å². The molecule has 2 atom stereocenters. The van der Waals surface area contributed by atoms with E-state index < -0.39 is 5.60 Å². The predicted octanol–water partition coefficient (Wildman–Crippen LogP) is 2.53. The van der Waals surface area contributed by atoms with E-state index in [-0.39, 0.29) is 18.2 Å². The first-order valence-corrected chi connectivity index (χ1v) is 8.21. The summed E-state index contributed by atoms with van der Waals surface area (Å²) in [7, 11) is 0. The second-order valence-electron chi connectivity index (χ2n) is 7.26. The van der Waals surface area contributed by atoms with Crippen molar-refractivity contribution in [1.29, 1.82) is 0 Å². The maximum atomic E-state index is 12.1. The maximum absolute atomic E-state index is 12.1. The van der Waals surface area contributed by atoms with Gasteiger partial charge in [0.2, 0.25) is 0 Å². The van der Waals surface area contributed by atoms with Crippen molar-refractivity contribution < 1.29 is 13.9 Å². The molecule has 1 saturated heterocycles. The van der Waals surface area contributed by atoms with Crippen LogP contribution >= 0.6 is 0 Å². The molecular formula is C17H29N3O3. The molecule has 0 spiro atoms. The highest BCUT2D eigenvalue weighted by Crippen LogP contribution is 2.26. The lowest BCUT2D eigenvalue weighted by molar-refractivity contribution is 0.00783. The smallest absolute Gasteiger partial charge is 0.410 e.